The van der Waals surface area contributed by atoms with Crippen LogP contribution in [0, 0.1) is 29.2 Å². The van der Waals surface area contributed by atoms with Crippen LogP contribution in [-0.4, -0.2) is 9.13 Å². The average Bonchev–Trinajstić information content (AvgIpc) is 3.70. The van der Waals surface area contributed by atoms with Crippen LogP contribution < -0.4 is 0 Å². The van der Waals surface area contributed by atoms with Crippen molar-refractivity contribution in [3.05, 3.63) is 174 Å². The zero-order chi connectivity index (χ0) is 33.8. The average molecular weight is 636 g/mol. The first kappa shape index (κ1) is 28.8. The monoisotopic (exact) mass is 635 g/mol. The first-order valence-corrected chi connectivity index (χ1v) is 16.3. The lowest BCUT2D eigenvalue weighted by Gasteiger charge is -2.17. The Morgan fingerprint density at radius 2 is 1.10 bits per heavy atom. The van der Waals surface area contributed by atoms with Crippen LogP contribution >= 0.6 is 0 Å². The van der Waals surface area contributed by atoms with Gasteiger partial charge in [0, 0.05) is 27.2 Å². The summed E-state index contributed by atoms with van der Waals surface area (Å²) in [5, 5.41) is 24.5. The lowest BCUT2D eigenvalue weighted by Crippen LogP contribution is -1.98. The maximum atomic E-state index is 10.6. The second-order valence-corrected chi connectivity index (χ2v) is 12.3. The highest BCUT2D eigenvalue weighted by Gasteiger charge is 2.20. The number of hydrogen-bond acceptors (Lipinski definition) is 2. The molecule has 0 atom stereocenters. The van der Waals surface area contributed by atoms with Gasteiger partial charge in [-0.25, -0.2) is 4.85 Å². The summed E-state index contributed by atoms with van der Waals surface area (Å²) in [6.45, 7) is 8.31. The van der Waals surface area contributed by atoms with Gasteiger partial charge in [0.25, 0.3) is 0 Å². The van der Waals surface area contributed by atoms with Crippen LogP contribution in [0.1, 0.15) is 11.1 Å². The molecule has 0 spiro atoms. The van der Waals surface area contributed by atoms with E-state index < -0.39 is 0 Å². The molecule has 5 heteroatoms. The number of fused-ring (bicyclic) bond motifs is 6. The molecule has 7 aromatic carbocycles. The smallest absolute Gasteiger partial charge is 0.195 e. The largest absolute Gasteiger partial charge is 0.309 e. The van der Waals surface area contributed by atoms with Gasteiger partial charge < -0.3 is 9.13 Å². The Labute approximate surface area is 288 Å². The fourth-order valence-electron chi connectivity index (χ4n) is 7.44. The molecule has 0 bridgehead atoms. The molecule has 5 nitrogen and oxygen atoms in total. The maximum absolute atomic E-state index is 10.6. The molecule has 0 amide bonds. The maximum Gasteiger partial charge on any atom is 0.195 e. The molecule has 0 aliphatic rings. The highest BCUT2D eigenvalue weighted by atomic mass is 15.0. The number of hydrogen-bond donors (Lipinski definition) is 0. The van der Waals surface area contributed by atoms with E-state index in [0.717, 1.165) is 66.1 Å². The van der Waals surface area contributed by atoms with Gasteiger partial charge in [-0.3, -0.25) is 0 Å². The second kappa shape index (κ2) is 11.4. The van der Waals surface area contributed by atoms with Crippen molar-refractivity contribution in [1.82, 2.24) is 9.13 Å². The molecular formula is C45H25N5. The molecular weight excluding hydrogens is 611 g/mol. The van der Waals surface area contributed by atoms with E-state index in [9.17, 15) is 10.5 Å². The molecule has 2 heterocycles. The van der Waals surface area contributed by atoms with Gasteiger partial charge in [-0.15, -0.1) is 0 Å². The molecule has 0 unspecified atom stereocenters. The van der Waals surface area contributed by atoms with E-state index in [2.05, 4.69) is 86.8 Å². The zero-order valence-electron chi connectivity index (χ0n) is 26.7. The van der Waals surface area contributed by atoms with Crippen LogP contribution in [0.15, 0.2) is 152 Å². The summed E-state index contributed by atoms with van der Waals surface area (Å²) in [6.07, 6.45) is 0. The summed E-state index contributed by atoms with van der Waals surface area (Å²) in [5.41, 5.74) is 10.7. The van der Waals surface area contributed by atoms with Crippen LogP contribution in [0.25, 0.3) is 82.1 Å². The molecule has 0 aliphatic carbocycles. The van der Waals surface area contributed by atoms with Crippen LogP contribution in [0.3, 0.4) is 0 Å². The van der Waals surface area contributed by atoms with Gasteiger partial charge in [-0.2, -0.15) is 10.5 Å². The van der Waals surface area contributed by atoms with Crippen LogP contribution in [0.5, 0.6) is 0 Å². The van der Waals surface area contributed by atoms with Crippen molar-refractivity contribution >= 4 is 49.3 Å². The molecule has 2 aromatic heterocycles. The molecule has 0 N–H and O–H groups in total. The number of nitriles is 2. The van der Waals surface area contributed by atoms with E-state index in [1.54, 1.807) is 0 Å². The standard InChI is InChI=1S/C45H25N5/c1-48-40-26-37(30-11-10-12-32(24-30)49-41-17-6-5-16-36(41)39-23-29(27-46)21-22-45(39)49)31(28-47)25-38(40)35-15-4-9-20-44(35)50-42-18-7-2-13-33(42)34-14-3-8-19-43(34)50/h2-26H. The van der Waals surface area contributed by atoms with Crippen molar-refractivity contribution < 1.29 is 0 Å². The Morgan fingerprint density at radius 1 is 0.480 bits per heavy atom. The van der Waals surface area contributed by atoms with Gasteiger partial charge in [0.1, 0.15) is 0 Å². The number of nitrogens with zero attached hydrogens (tertiary/aromatic N) is 5. The van der Waals surface area contributed by atoms with Crippen molar-refractivity contribution in [3.8, 4) is 45.8 Å². The molecule has 0 fully saturated rings. The van der Waals surface area contributed by atoms with Gasteiger partial charge in [-0.05, 0) is 89.0 Å². The van der Waals surface area contributed by atoms with Crippen LogP contribution in [-0.2, 0) is 0 Å². The van der Waals surface area contributed by atoms with Crippen molar-refractivity contribution in [2.24, 2.45) is 0 Å². The number of para-hydroxylation sites is 4. The van der Waals surface area contributed by atoms with Crippen molar-refractivity contribution in [1.29, 1.82) is 10.5 Å². The normalized spacial score (nSPS) is 11.1. The molecule has 9 aromatic rings. The highest BCUT2D eigenvalue weighted by Crippen LogP contribution is 2.42. The first-order chi connectivity index (χ1) is 24.7. The van der Waals surface area contributed by atoms with Gasteiger partial charge in [0.05, 0.1) is 57.6 Å². The summed E-state index contributed by atoms with van der Waals surface area (Å²) in [6, 6.07) is 55.3. The predicted octanol–water partition coefficient (Wildman–Crippen LogP) is 11.5. The fourth-order valence-corrected chi connectivity index (χ4v) is 7.44. The lowest BCUT2D eigenvalue weighted by molar-refractivity contribution is 1.18. The van der Waals surface area contributed by atoms with E-state index in [1.807, 2.05) is 91.0 Å². The molecule has 230 valence electrons. The molecule has 0 radical (unpaired) electrons. The lowest BCUT2D eigenvalue weighted by atomic mass is 9.93. The summed E-state index contributed by atoms with van der Waals surface area (Å²) in [4.78, 5) is 4.03. The molecule has 0 aliphatic heterocycles. The van der Waals surface area contributed by atoms with E-state index in [0.29, 0.717) is 27.9 Å². The quantitative estimate of drug-likeness (QED) is 0.181. The fraction of sp³-hybridized carbons (Fsp3) is 0. The predicted molar refractivity (Wildman–Crippen MR) is 202 cm³/mol. The Hall–Kier alpha value is -7.39. The van der Waals surface area contributed by atoms with Gasteiger partial charge in [0.15, 0.2) is 5.69 Å². The van der Waals surface area contributed by atoms with E-state index >= 15 is 0 Å². The SMILES string of the molecule is [C-]#[N+]c1cc(-c2cccc(-n3c4ccccc4c4cc(C#N)ccc43)c2)c(C#N)cc1-c1ccccc1-n1c2ccccc2c2ccccc21. The summed E-state index contributed by atoms with van der Waals surface area (Å²) in [7, 11) is 0. The Bertz CT molecular complexity index is 2920. The Kier molecular flexibility index (Phi) is 6.56. The molecule has 9 rings (SSSR count). The van der Waals surface area contributed by atoms with Gasteiger partial charge >= 0.3 is 0 Å². The Morgan fingerprint density at radius 3 is 1.78 bits per heavy atom. The first-order valence-electron chi connectivity index (χ1n) is 16.3. The van der Waals surface area contributed by atoms with Crippen LogP contribution in [0.4, 0.5) is 5.69 Å². The summed E-state index contributed by atoms with van der Waals surface area (Å²) < 4.78 is 4.44. The van der Waals surface area contributed by atoms with Crippen molar-refractivity contribution in [2.45, 2.75) is 0 Å². The Balaban J connectivity index is 1.23. The molecule has 0 saturated heterocycles. The number of aromatic nitrogens is 2. The second-order valence-electron chi connectivity index (χ2n) is 12.3. The third-order valence-electron chi connectivity index (χ3n) is 9.61. The summed E-state index contributed by atoms with van der Waals surface area (Å²) in [5.74, 6) is 0. The number of benzene rings is 7. The molecule has 50 heavy (non-hydrogen) atoms. The van der Waals surface area contributed by atoms with Crippen molar-refractivity contribution in [3.63, 3.8) is 0 Å². The van der Waals surface area contributed by atoms with Crippen molar-refractivity contribution in [2.75, 3.05) is 0 Å². The third kappa shape index (κ3) is 4.31. The summed E-state index contributed by atoms with van der Waals surface area (Å²) >= 11 is 0. The molecule has 0 saturated carbocycles. The minimum Gasteiger partial charge on any atom is -0.309 e. The zero-order valence-corrected chi connectivity index (χ0v) is 26.7. The topological polar surface area (TPSA) is 61.8 Å². The van der Waals surface area contributed by atoms with E-state index in [1.165, 1.54) is 0 Å². The van der Waals surface area contributed by atoms with E-state index in [-0.39, 0.29) is 0 Å². The highest BCUT2D eigenvalue weighted by molar-refractivity contribution is 6.11. The third-order valence-corrected chi connectivity index (χ3v) is 9.61. The van der Waals surface area contributed by atoms with Gasteiger partial charge in [-0.1, -0.05) is 84.9 Å². The van der Waals surface area contributed by atoms with E-state index in [4.69, 9.17) is 6.57 Å². The minimum absolute atomic E-state index is 0.471. The van der Waals surface area contributed by atoms with Gasteiger partial charge in [0.2, 0.25) is 0 Å². The number of rotatable bonds is 4. The minimum atomic E-state index is 0.471. The van der Waals surface area contributed by atoms with Crippen LogP contribution in [0.2, 0.25) is 0 Å².